The van der Waals surface area contributed by atoms with Crippen LogP contribution in [-0.4, -0.2) is 33.5 Å². The summed E-state index contributed by atoms with van der Waals surface area (Å²) in [7, 11) is 1.32. The van der Waals surface area contributed by atoms with Crippen LogP contribution < -0.4 is 10.9 Å². The maximum atomic E-state index is 12.9. The molecule has 1 aliphatic rings. The Bertz CT molecular complexity index is 1170. The van der Waals surface area contributed by atoms with Gasteiger partial charge in [0.15, 0.2) is 5.13 Å². The Kier molecular flexibility index (Phi) is 5.89. The predicted molar refractivity (Wildman–Crippen MR) is 114 cm³/mol. The van der Waals surface area contributed by atoms with Crippen LogP contribution in [0.1, 0.15) is 47.6 Å². The van der Waals surface area contributed by atoms with Crippen LogP contribution in [-0.2, 0) is 28.9 Å². The van der Waals surface area contributed by atoms with E-state index in [0.29, 0.717) is 33.8 Å². The van der Waals surface area contributed by atoms with Crippen molar-refractivity contribution in [1.82, 2.24) is 14.5 Å². The topological polar surface area (TPSA) is 103 Å². The van der Waals surface area contributed by atoms with E-state index in [-0.39, 0.29) is 23.9 Å². The standard InChI is InChI=1S/C21H22N4O4S/c1-29-18(26)11-14-12-30-21(22-14)24-19(27)13-7-8-15-16(10-13)23-17-6-4-2-3-5-9-25(17)20(15)28/h7-8,10,12H,2-6,9,11H2,1H3,(H,22,24,27). The molecular formula is C21H22N4O4S. The number of nitrogens with zero attached hydrogens (tertiary/aromatic N) is 3. The number of esters is 1. The van der Waals surface area contributed by atoms with Crippen molar-refractivity contribution in [1.29, 1.82) is 0 Å². The molecule has 1 aromatic carbocycles. The second-order valence-electron chi connectivity index (χ2n) is 7.23. The van der Waals surface area contributed by atoms with Crippen molar-refractivity contribution in [2.75, 3.05) is 12.4 Å². The number of amides is 1. The molecule has 8 nitrogen and oxygen atoms in total. The molecule has 3 aromatic rings. The van der Waals surface area contributed by atoms with Crippen LogP contribution in [0.25, 0.3) is 10.9 Å². The monoisotopic (exact) mass is 426 g/mol. The highest BCUT2D eigenvalue weighted by molar-refractivity contribution is 7.14. The molecule has 9 heteroatoms. The van der Waals surface area contributed by atoms with E-state index in [2.05, 4.69) is 15.0 Å². The molecule has 0 spiro atoms. The highest BCUT2D eigenvalue weighted by Crippen LogP contribution is 2.19. The summed E-state index contributed by atoms with van der Waals surface area (Å²) in [6.45, 7) is 0.692. The molecule has 1 aliphatic heterocycles. The van der Waals surface area contributed by atoms with Gasteiger partial charge in [0.05, 0.1) is 30.1 Å². The van der Waals surface area contributed by atoms with E-state index in [0.717, 1.165) is 37.9 Å². The molecule has 3 heterocycles. The molecule has 1 amide bonds. The third-order valence-corrected chi connectivity index (χ3v) is 5.96. The lowest BCUT2D eigenvalue weighted by Crippen LogP contribution is -2.26. The summed E-state index contributed by atoms with van der Waals surface area (Å²) in [6, 6.07) is 4.93. The summed E-state index contributed by atoms with van der Waals surface area (Å²) in [5.41, 5.74) is 1.42. The summed E-state index contributed by atoms with van der Waals surface area (Å²) in [4.78, 5) is 45.9. The number of anilines is 1. The van der Waals surface area contributed by atoms with Gasteiger partial charge in [-0.1, -0.05) is 12.8 Å². The zero-order valence-electron chi connectivity index (χ0n) is 16.6. The minimum absolute atomic E-state index is 0.0452. The summed E-state index contributed by atoms with van der Waals surface area (Å²) in [5.74, 6) is 0.0570. The van der Waals surface area contributed by atoms with Crippen molar-refractivity contribution in [2.24, 2.45) is 0 Å². The van der Waals surface area contributed by atoms with E-state index in [1.807, 2.05) is 0 Å². The molecule has 4 rings (SSSR count). The number of nitrogens with one attached hydrogen (secondary N) is 1. The number of methoxy groups -OCH3 is 1. The van der Waals surface area contributed by atoms with Crippen molar-refractivity contribution < 1.29 is 14.3 Å². The zero-order chi connectivity index (χ0) is 21.1. The Labute approximate surface area is 176 Å². The van der Waals surface area contributed by atoms with Gasteiger partial charge >= 0.3 is 5.97 Å². The average molecular weight is 426 g/mol. The molecule has 156 valence electrons. The quantitative estimate of drug-likeness (QED) is 0.644. The first kappa shape index (κ1) is 20.2. The molecule has 30 heavy (non-hydrogen) atoms. The lowest BCUT2D eigenvalue weighted by atomic mass is 10.1. The van der Waals surface area contributed by atoms with Gasteiger partial charge in [0.25, 0.3) is 11.5 Å². The van der Waals surface area contributed by atoms with E-state index in [1.54, 1.807) is 28.1 Å². The number of fused-ring (bicyclic) bond motifs is 2. The fourth-order valence-electron chi connectivity index (χ4n) is 3.57. The van der Waals surface area contributed by atoms with E-state index in [4.69, 9.17) is 4.98 Å². The third-order valence-electron chi connectivity index (χ3n) is 5.15. The Balaban J connectivity index is 1.58. The first-order chi connectivity index (χ1) is 14.5. The number of hydrogen-bond donors (Lipinski definition) is 1. The zero-order valence-corrected chi connectivity index (χ0v) is 17.5. The smallest absolute Gasteiger partial charge is 0.311 e. The van der Waals surface area contributed by atoms with Crippen molar-refractivity contribution in [3.05, 3.63) is 51.0 Å². The predicted octanol–water partition coefficient (Wildman–Crippen LogP) is 2.94. The SMILES string of the molecule is COC(=O)Cc1csc(NC(=O)c2ccc3c(=O)n4c(nc3c2)CCCCCC4)n1. The molecule has 2 aromatic heterocycles. The fraction of sp³-hybridized carbons (Fsp3) is 0.381. The first-order valence-corrected chi connectivity index (χ1v) is 10.8. The van der Waals surface area contributed by atoms with Gasteiger partial charge in [-0.05, 0) is 31.0 Å². The van der Waals surface area contributed by atoms with Gasteiger partial charge in [0.2, 0.25) is 0 Å². The van der Waals surface area contributed by atoms with Crippen LogP contribution >= 0.6 is 11.3 Å². The Morgan fingerprint density at radius 3 is 2.87 bits per heavy atom. The minimum atomic E-state index is -0.389. The summed E-state index contributed by atoms with van der Waals surface area (Å²) in [5, 5.41) is 5.35. The molecule has 0 radical (unpaired) electrons. The number of benzene rings is 1. The van der Waals surface area contributed by atoms with Crippen molar-refractivity contribution in [3.63, 3.8) is 0 Å². The largest absolute Gasteiger partial charge is 0.469 e. The lowest BCUT2D eigenvalue weighted by Gasteiger charge is -2.16. The Morgan fingerprint density at radius 1 is 1.20 bits per heavy atom. The average Bonchev–Trinajstić information content (AvgIpc) is 3.15. The van der Waals surface area contributed by atoms with E-state index in [9.17, 15) is 14.4 Å². The van der Waals surface area contributed by atoms with Crippen LogP contribution in [0, 0.1) is 0 Å². The number of carbonyl (C=O) groups excluding carboxylic acids is 2. The summed E-state index contributed by atoms with van der Waals surface area (Å²) >= 11 is 1.23. The number of aromatic nitrogens is 3. The second-order valence-corrected chi connectivity index (χ2v) is 8.09. The molecular weight excluding hydrogens is 404 g/mol. The normalized spacial score (nSPS) is 13.9. The van der Waals surface area contributed by atoms with Gasteiger partial charge in [-0.25, -0.2) is 9.97 Å². The summed E-state index contributed by atoms with van der Waals surface area (Å²) in [6.07, 6.45) is 5.08. The van der Waals surface area contributed by atoms with Gasteiger partial charge in [0, 0.05) is 23.9 Å². The number of rotatable bonds is 4. The maximum Gasteiger partial charge on any atom is 0.311 e. The molecule has 0 saturated carbocycles. The number of ether oxygens (including phenoxy) is 1. The van der Waals surface area contributed by atoms with Crippen molar-refractivity contribution >= 4 is 39.2 Å². The molecule has 0 fully saturated rings. The van der Waals surface area contributed by atoms with Gasteiger partial charge in [-0.2, -0.15) is 0 Å². The first-order valence-electron chi connectivity index (χ1n) is 9.91. The van der Waals surface area contributed by atoms with Crippen molar-refractivity contribution in [2.45, 2.75) is 45.1 Å². The molecule has 0 bridgehead atoms. The molecule has 0 aliphatic carbocycles. The van der Waals surface area contributed by atoms with Gasteiger partial charge in [-0.3, -0.25) is 24.3 Å². The fourth-order valence-corrected chi connectivity index (χ4v) is 4.28. The van der Waals surface area contributed by atoms with Crippen LogP contribution in [0.3, 0.4) is 0 Å². The third kappa shape index (κ3) is 4.25. The molecule has 1 N–H and O–H groups in total. The van der Waals surface area contributed by atoms with E-state index < -0.39 is 0 Å². The lowest BCUT2D eigenvalue weighted by molar-refractivity contribution is -0.139. The van der Waals surface area contributed by atoms with Crippen LogP contribution in [0.15, 0.2) is 28.4 Å². The Hall–Kier alpha value is -3.07. The van der Waals surface area contributed by atoms with Gasteiger partial charge in [-0.15, -0.1) is 11.3 Å². The van der Waals surface area contributed by atoms with Gasteiger partial charge < -0.3 is 4.74 Å². The highest BCUT2D eigenvalue weighted by atomic mass is 32.1. The molecule has 0 unspecified atom stereocenters. The second kappa shape index (κ2) is 8.74. The molecule has 0 saturated heterocycles. The number of carbonyl (C=O) groups is 2. The van der Waals surface area contributed by atoms with Crippen LogP contribution in [0.4, 0.5) is 5.13 Å². The van der Waals surface area contributed by atoms with Crippen LogP contribution in [0.2, 0.25) is 0 Å². The van der Waals surface area contributed by atoms with E-state index >= 15 is 0 Å². The van der Waals surface area contributed by atoms with Crippen molar-refractivity contribution in [3.8, 4) is 0 Å². The maximum absolute atomic E-state index is 12.9. The summed E-state index contributed by atoms with van der Waals surface area (Å²) < 4.78 is 6.40. The minimum Gasteiger partial charge on any atom is -0.469 e. The molecule has 0 atom stereocenters. The number of hydrogen-bond acceptors (Lipinski definition) is 7. The number of thiazole rings is 1. The van der Waals surface area contributed by atoms with Crippen LogP contribution in [0.5, 0.6) is 0 Å². The van der Waals surface area contributed by atoms with E-state index in [1.165, 1.54) is 18.4 Å². The van der Waals surface area contributed by atoms with Gasteiger partial charge in [0.1, 0.15) is 5.82 Å². The number of aryl methyl sites for hydroxylation is 1. The highest BCUT2D eigenvalue weighted by Gasteiger charge is 2.16. The Morgan fingerprint density at radius 2 is 2.03 bits per heavy atom.